The summed E-state index contributed by atoms with van der Waals surface area (Å²) in [6.45, 7) is 10.0. The first kappa shape index (κ1) is 22.3. The molecule has 1 atom stereocenters. The van der Waals surface area contributed by atoms with E-state index in [0.717, 1.165) is 12.3 Å². The van der Waals surface area contributed by atoms with Crippen molar-refractivity contribution in [1.29, 1.82) is 0 Å². The van der Waals surface area contributed by atoms with E-state index in [1.54, 1.807) is 0 Å². The molecule has 0 saturated heterocycles. The van der Waals surface area contributed by atoms with Gasteiger partial charge in [0.05, 0.1) is 12.3 Å². The Balaban J connectivity index is 2.45. The van der Waals surface area contributed by atoms with Crippen molar-refractivity contribution >= 4 is 15.8 Å². The Kier molecular flexibility index (Phi) is 9.48. The molecular formula is C19H33N3O3S. The highest BCUT2D eigenvalue weighted by Gasteiger charge is 2.09. The molecule has 0 aliphatic rings. The lowest BCUT2D eigenvalue weighted by atomic mass is 10.0. The normalized spacial score (nSPS) is 13.5. The van der Waals surface area contributed by atoms with E-state index in [4.69, 9.17) is 4.74 Å². The van der Waals surface area contributed by atoms with Gasteiger partial charge in [0.1, 0.15) is 22.2 Å². The van der Waals surface area contributed by atoms with Crippen LogP contribution in [-0.2, 0) is 9.84 Å². The molecule has 1 aromatic rings. The molecule has 0 aliphatic carbocycles. The fourth-order valence-corrected chi connectivity index (χ4v) is 3.07. The van der Waals surface area contributed by atoms with Gasteiger partial charge < -0.3 is 15.4 Å². The second kappa shape index (κ2) is 11.1. The fourth-order valence-electron chi connectivity index (χ4n) is 2.29. The van der Waals surface area contributed by atoms with Gasteiger partial charge in [-0.25, -0.2) is 13.4 Å². The molecule has 0 heterocycles. The Hall–Kier alpha value is -1.76. The number of ether oxygens (including phenoxy) is 1. The minimum absolute atomic E-state index is 0.0204. The number of hydrogen-bond acceptors (Lipinski definition) is 4. The summed E-state index contributed by atoms with van der Waals surface area (Å²) < 4.78 is 28.2. The third-order valence-corrected chi connectivity index (χ3v) is 4.80. The molecule has 148 valence electrons. The van der Waals surface area contributed by atoms with Crippen molar-refractivity contribution < 1.29 is 13.2 Å². The zero-order chi connectivity index (χ0) is 19.6. The molecule has 0 fully saturated rings. The van der Waals surface area contributed by atoms with Gasteiger partial charge in [-0.2, -0.15) is 0 Å². The molecule has 1 aromatic carbocycles. The van der Waals surface area contributed by atoms with Crippen molar-refractivity contribution in [2.75, 3.05) is 31.7 Å². The number of benzene rings is 1. The zero-order valence-electron chi connectivity index (χ0n) is 16.6. The van der Waals surface area contributed by atoms with E-state index < -0.39 is 9.84 Å². The predicted molar refractivity (Wildman–Crippen MR) is 109 cm³/mol. The van der Waals surface area contributed by atoms with Crippen molar-refractivity contribution in [2.45, 2.75) is 46.1 Å². The molecule has 26 heavy (non-hydrogen) atoms. The van der Waals surface area contributed by atoms with Gasteiger partial charge >= 0.3 is 0 Å². The quantitative estimate of drug-likeness (QED) is 0.369. The molecule has 0 aliphatic heterocycles. The topological polar surface area (TPSA) is 79.8 Å². The monoisotopic (exact) mass is 383 g/mol. The maximum atomic E-state index is 11.3. The van der Waals surface area contributed by atoms with Gasteiger partial charge in [0.2, 0.25) is 0 Å². The zero-order valence-corrected chi connectivity index (χ0v) is 17.4. The van der Waals surface area contributed by atoms with Gasteiger partial charge in [0, 0.05) is 18.8 Å². The maximum Gasteiger partial charge on any atom is 0.191 e. The number of hydrogen-bond donors (Lipinski definition) is 2. The van der Waals surface area contributed by atoms with Crippen LogP contribution in [0, 0.1) is 0 Å². The molecule has 1 rings (SSSR count). The summed E-state index contributed by atoms with van der Waals surface area (Å²) in [5, 5.41) is 6.39. The molecule has 2 N–H and O–H groups in total. The lowest BCUT2D eigenvalue weighted by Crippen LogP contribution is -2.43. The van der Waals surface area contributed by atoms with Crippen molar-refractivity contribution in [1.82, 2.24) is 10.6 Å². The predicted octanol–water partition coefficient (Wildman–Crippen LogP) is 2.57. The summed E-state index contributed by atoms with van der Waals surface area (Å²) in [5.41, 5.74) is 1.29. The fraction of sp³-hybridized carbons (Fsp3) is 0.632. The molecule has 0 aromatic heterocycles. The summed E-state index contributed by atoms with van der Waals surface area (Å²) >= 11 is 0. The standard InChI is InChI=1S/C19H33N3O3S/c1-6-20-19(22-16(4)11-14-26(5,23)24)21-12-13-25-18-9-7-17(8-10-18)15(2)3/h7-10,15-16H,6,11-14H2,1-5H3,(H2,20,21,22). The smallest absolute Gasteiger partial charge is 0.191 e. The van der Waals surface area contributed by atoms with Crippen LogP contribution in [0.15, 0.2) is 29.3 Å². The van der Waals surface area contributed by atoms with Crippen molar-refractivity contribution in [3.05, 3.63) is 29.8 Å². The van der Waals surface area contributed by atoms with E-state index >= 15 is 0 Å². The van der Waals surface area contributed by atoms with Crippen LogP contribution in [0.5, 0.6) is 5.75 Å². The summed E-state index contributed by atoms with van der Waals surface area (Å²) in [4.78, 5) is 4.48. The van der Waals surface area contributed by atoms with Crippen LogP contribution in [0.1, 0.15) is 45.6 Å². The van der Waals surface area contributed by atoms with Crippen LogP contribution < -0.4 is 15.4 Å². The van der Waals surface area contributed by atoms with Gasteiger partial charge in [0.15, 0.2) is 5.96 Å². The van der Waals surface area contributed by atoms with Crippen molar-refractivity contribution in [3.8, 4) is 5.75 Å². The van der Waals surface area contributed by atoms with Gasteiger partial charge in [-0.3, -0.25) is 0 Å². The van der Waals surface area contributed by atoms with Crippen LogP contribution in [0.3, 0.4) is 0 Å². The van der Waals surface area contributed by atoms with Gasteiger partial charge in [0.25, 0.3) is 0 Å². The first-order chi connectivity index (χ1) is 12.2. The highest BCUT2D eigenvalue weighted by Crippen LogP contribution is 2.18. The lowest BCUT2D eigenvalue weighted by molar-refractivity contribution is 0.328. The highest BCUT2D eigenvalue weighted by atomic mass is 32.2. The van der Waals surface area contributed by atoms with Crippen LogP contribution >= 0.6 is 0 Å². The molecule has 0 amide bonds. The van der Waals surface area contributed by atoms with E-state index in [1.807, 2.05) is 26.0 Å². The lowest BCUT2D eigenvalue weighted by Gasteiger charge is -2.17. The van der Waals surface area contributed by atoms with E-state index in [0.29, 0.717) is 31.4 Å². The molecule has 1 unspecified atom stereocenters. The number of nitrogens with zero attached hydrogens (tertiary/aromatic N) is 1. The summed E-state index contributed by atoms with van der Waals surface area (Å²) in [5.74, 6) is 2.18. The van der Waals surface area contributed by atoms with Crippen LogP contribution in [0.2, 0.25) is 0 Å². The second-order valence-corrected chi connectivity index (χ2v) is 9.06. The largest absolute Gasteiger partial charge is 0.492 e. The molecule has 0 bridgehead atoms. The number of nitrogens with one attached hydrogen (secondary N) is 2. The van der Waals surface area contributed by atoms with Crippen LogP contribution in [0.25, 0.3) is 0 Å². The third-order valence-electron chi connectivity index (χ3n) is 3.83. The molecule has 0 radical (unpaired) electrons. The molecular weight excluding hydrogens is 350 g/mol. The van der Waals surface area contributed by atoms with Gasteiger partial charge in [-0.1, -0.05) is 26.0 Å². The first-order valence-electron chi connectivity index (χ1n) is 9.16. The van der Waals surface area contributed by atoms with Crippen molar-refractivity contribution in [3.63, 3.8) is 0 Å². The molecule has 6 nitrogen and oxygen atoms in total. The Morgan fingerprint density at radius 2 is 1.85 bits per heavy atom. The van der Waals surface area contributed by atoms with E-state index in [9.17, 15) is 8.42 Å². The van der Waals surface area contributed by atoms with E-state index in [1.165, 1.54) is 11.8 Å². The Labute approximate surface area is 158 Å². The third kappa shape index (κ3) is 9.65. The SMILES string of the molecule is CCNC(=NCCOc1ccc(C(C)C)cc1)NC(C)CCS(C)(=O)=O. The van der Waals surface area contributed by atoms with Crippen LogP contribution in [-0.4, -0.2) is 52.1 Å². The second-order valence-electron chi connectivity index (χ2n) is 6.80. The minimum atomic E-state index is -2.95. The average Bonchev–Trinajstić information content (AvgIpc) is 2.57. The summed E-state index contributed by atoms with van der Waals surface area (Å²) in [6.07, 6.45) is 1.80. The van der Waals surface area contributed by atoms with Crippen molar-refractivity contribution in [2.24, 2.45) is 4.99 Å². The minimum Gasteiger partial charge on any atom is -0.492 e. The first-order valence-corrected chi connectivity index (χ1v) is 11.2. The van der Waals surface area contributed by atoms with E-state index in [-0.39, 0.29) is 11.8 Å². The molecule has 0 spiro atoms. The molecule has 0 saturated carbocycles. The Morgan fingerprint density at radius 3 is 2.38 bits per heavy atom. The van der Waals surface area contributed by atoms with Crippen LogP contribution in [0.4, 0.5) is 0 Å². The Bertz CT molecular complexity index is 655. The Morgan fingerprint density at radius 1 is 1.19 bits per heavy atom. The van der Waals surface area contributed by atoms with Gasteiger partial charge in [-0.05, 0) is 43.9 Å². The number of sulfone groups is 1. The number of guanidine groups is 1. The van der Waals surface area contributed by atoms with Gasteiger partial charge in [-0.15, -0.1) is 0 Å². The highest BCUT2D eigenvalue weighted by molar-refractivity contribution is 7.90. The summed E-state index contributed by atoms with van der Waals surface area (Å²) in [6, 6.07) is 8.15. The van der Waals surface area contributed by atoms with E-state index in [2.05, 4.69) is 41.6 Å². The number of aliphatic imine (C=N–C) groups is 1. The number of rotatable bonds is 10. The maximum absolute atomic E-state index is 11.3. The average molecular weight is 384 g/mol. The molecule has 7 heteroatoms. The summed E-state index contributed by atoms with van der Waals surface area (Å²) in [7, 11) is -2.95.